The summed E-state index contributed by atoms with van der Waals surface area (Å²) >= 11 is 0. The first-order valence-electron chi connectivity index (χ1n) is 7.21. The molecular weight excluding hydrogens is 313 g/mol. The molecule has 1 aliphatic carbocycles. The smallest absolute Gasteiger partial charge is 0.396 e. The molecule has 0 saturated heterocycles. The van der Waals surface area contributed by atoms with E-state index in [1.165, 1.54) is 0 Å². The Morgan fingerprint density at radius 3 is 2.26 bits per heavy atom. The molecule has 8 heteroatoms. The van der Waals surface area contributed by atoms with E-state index in [9.17, 15) is 22.8 Å². The van der Waals surface area contributed by atoms with E-state index in [0.29, 0.717) is 6.42 Å². The lowest BCUT2D eigenvalue weighted by Gasteiger charge is -2.16. The Balaban J connectivity index is 1.91. The van der Waals surface area contributed by atoms with E-state index in [2.05, 4.69) is 10.6 Å². The highest BCUT2D eigenvalue weighted by Crippen LogP contribution is 2.34. The number of hydrogen-bond acceptors (Lipinski definition) is 3. The lowest BCUT2D eigenvalue weighted by Crippen LogP contribution is -2.43. The largest absolute Gasteiger partial charge is 0.416 e. The van der Waals surface area contributed by atoms with Crippen LogP contribution in [-0.4, -0.2) is 29.6 Å². The van der Waals surface area contributed by atoms with Crippen LogP contribution in [0.3, 0.4) is 0 Å². The van der Waals surface area contributed by atoms with Gasteiger partial charge in [-0.05, 0) is 49.4 Å². The molecule has 0 heterocycles. The first kappa shape index (κ1) is 17.3. The van der Waals surface area contributed by atoms with Crippen LogP contribution >= 0.6 is 0 Å². The van der Waals surface area contributed by atoms with Gasteiger partial charge in [0.15, 0.2) is 0 Å². The van der Waals surface area contributed by atoms with E-state index < -0.39 is 23.6 Å². The van der Waals surface area contributed by atoms with Crippen LogP contribution in [0, 0.1) is 5.92 Å². The van der Waals surface area contributed by atoms with Gasteiger partial charge in [0.1, 0.15) is 0 Å². The van der Waals surface area contributed by atoms with E-state index in [1.807, 2.05) is 0 Å². The maximum absolute atomic E-state index is 12.4. The van der Waals surface area contributed by atoms with Crippen molar-refractivity contribution >= 4 is 17.5 Å². The summed E-state index contributed by atoms with van der Waals surface area (Å²) in [5, 5.41) is 13.7. The maximum atomic E-state index is 12.4. The van der Waals surface area contributed by atoms with Crippen LogP contribution in [0.25, 0.3) is 0 Å². The van der Waals surface area contributed by atoms with Crippen molar-refractivity contribution in [3.63, 3.8) is 0 Å². The Hall–Kier alpha value is -2.09. The zero-order valence-electron chi connectivity index (χ0n) is 12.2. The molecule has 0 bridgehead atoms. The number of aliphatic hydroxyl groups is 1. The van der Waals surface area contributed by atoms with Crippen LogP contribution in [0.15, 0.2) is 24.3 Å². The Morgan fingerprint density at radius 1 is 1.17 bits per heavy atom. The van der Waals surface area contributed by atoms with Crippen molar-refractivity contribution in [3.8, 4) is 0 Å². The van der Waals surface area contributed by atoms with E-state index in [1.54, 1.807) is 0 Å². The van der Waals surface area contributed by atoms with Gasteiger partial charge in [0.25, 0.3) is 0 Å². The van der Waals surface area contributed by atoms with Crippen LogP contribution in [0.1, 0.15) is 24.8 Å². The third-order valence-electron chi connectivity index (χ3n) is 3.62. The summed E-state index contributed by atoms with van der Waals surface area (Å²) in [6.45, 7) is -0.0953. The van der Waals surface area contributed by atoms with Crippen molar-refractivity contribution < 1.29 is 27.9 Å². The molecule has 126 valence electrons. The number of benzene rings is 1. The van der Waals surface area contributed by atoms with Crippen molar-refractivity contribution in [3.05, 3.63) is 29.8 Å². The van der Waals surface area contributed by atoms with Gasteiger partial charge in [-0.2, -0.15) is 13.2 Å². The second-order valence-corrected chi connectivity index (χ2v) is 5.46. The summed E-state index contributed by atoms with van der Waals surface area (Å²) in [5.74, 6) is -1.55. The minimum atomic E-state index is -4.46. The average Bonchev–Trinajstić information content (AvgIpc) is 3.31. The predicted molar refractivity (Wildman–Crippen MR) is 76.4 cm³/mol. The number of halogens is 3. The first-order chi connectivity index (χ1) is 10.8. The highest BCUT2D eigenvalue weighted by Gasteiger charge is 2.33. The summed E-state index contributed by atoms with van der Waals surface area (Å²) in [4.78, 5) is 23.6. The number of rotatable bonds is 5. The molecule has 0 spiro atoms. The molecule has 3 N–H and O–H groups in total. The quantitative estimate of drug-likeness (QED) is 0.722. The standard InChI is InChI=1S/C15H17F3N2O3/c16-15(17,18)10-3-5-11(6-4-10)19-13(22)14(23)20-12(7-8-21)9-1-2-9/h3-6,9,12,21H,1-2,7-8H2,(H,19,22)(H,20,23). The zero-order chi connectivity index (χ0) is 17.0. The van der Waals surface area contributed by atoms with Crippen molar-refractivity contribution in [2.45, 2.75) is 31.5 Å². The number of carbonyl (C=O) groups is 2. The molecule has 23 heavy (non-hydrogen) atoms. The van der Waals surface area contributed by atoms with Gasteiger partial charge in [0.2, 0.25) is 0 Å². The SMILES string of the molecule is O=C(Nc1ccc(C(F)(F)F)cc1)C(=O)NC(CCO)C1CC1. The highest BCUT2D eigenvalue weighted by atomic mass is 19.4. The topological polar surface area (TPSA) is 78.4 Å². The number of hydrogen-bond donors (Lipinski definition) is 3. The van der Waals surface area contributed by atoms with Gasteiger partial charge in [-0.25, -0.2) is 0 Å². The van der Waals surface area contributed by atoms with Crippen molar-refractivity contribution in [1.29, 1.82) is 0 Å². The number of aliphatic hydroxyl groups excluding tert-OH is 1. The monoisotopic (exact) mass is 330 g/mol. The third-order valence-corrected chi connectivity index (χ3v) is 3.62. The summed E-state index contributed by atoms with van der Waals surface area (Å²) in [6, 6.07) is 3.56. The van der Waals surface area contributed by atoms with Gasteiger partial charge in [0, 0.05) is 18.3 Å². The number of amides is 2. The van der Waals surface area contributed by atoms with Gasteiger partial charge in [-0.3, -0.25) is 9.59 Å². The van der Waals surface area contributed by atoms with Crippen molar-refractivity contribution in [1.82, 2.24) is 5.32 Å². The zero-order valence-corrected chi connectivity index (χ0v) is 12.2. The lowest BCUT2D eigenvalue weighted by atomic mass is 10.1. The van der Waals surface area contributed by atoms with Crippen molar-refractivity contribution in [2.24, 2.45) is 5.92 Å². The maximum Gasteiger partial charge on any atom is 0.416 e. The van der Waals surface area contributed by atoms with Gasteiger partial charge in [-0.15, -0.1) is 0 Å². The minimum absolute atomic E-state index is 0.0953. The molecule has 5 nitrogen and oxygen atoms in total. The van der Waals surface area contributed by atoms with Crippen LogP contribution in [0.2, 0.25) is 0 Å². The molecule has 1 unspecified atom stereocenters. The van der Waals surface area contributed by atoms with Gasteiger partial charge in [-0.1, -0.05) is 0 Å². The van der Waals surface area contributed by atoms with Gasteiger partial charge >= 0.3 is 18.0 Å². The van der Waals surface area contributed by atoms with Crippen LogP contribution < -0.4 is 10.6 Å². The Morgan fingerprint density at radius 2 is 1.78 bits per heavy atom. The Kier molecular flexibility index (Phi) is 5.25. The molecule has 1 aromatic carbocycles. The normalized spacial score (nSPS) is 15.8. The summed E-state index contributed by atoms with van der Waals surface area (Å²) in [7, 11) is 0. The molecule has 2 amide bonds. The van der Waals surface area contributed by atoms with E-state index >= 15 is 0 Å². The number of carbonyl (C=O) groups excluding carboxylic acids is 2. The molecule has 1 fully saturated rings. The molecule has 0 aromatic heterocycles. The fourth-order valence-electron chi connectivity index (χ4n) is 2.23. The van der Waals surface area contributed by atoms with Crippen LogP contribution in [-0.2, 0) is 15.8 Å². The highest BCUT2D eigenvalue weighted by molar-refractivity contribution is 6.39. The fraction of sp³-hybridized carbons (Fsp3) is 0.467. The number of anilines is 1. The summed E-state index contributed by atoms with van der Waals surface area (Å²) < 4.78 is 37.3. The predicted octanol–water partition coefficient (Wildman–Crippen LogP) is 1.92. The molecular formula is C15H17F3N2O3. The van der Waals surface area contributed by atoms with Crippen LogP contribution in [0.5, 0.6) is 0 Å². The molecule has 1 aromatic rings. The molecule has 0 aliphatic heterocycles. The van der Waals surface area contributed by atoms with Gasteiger partial charge in [0.05, 0.1) is 5.56 Å². The molecule has 2 rings (SSSR count). The molecule has 0 radical (unpaired) electrons. The Labute approximate surface area is 130 Å². The fourth-order valence-corrected chi connectivity index (χ4v) is 2.23. The second-order valence-electron chi connectivity index (χ2n) is 5.46. The second kappa shape index (κ2) is 6.99. The molecule has 1 aliphatic rings. The lowest BCUT2D eigenvalue weighted by molar-refractivity contribution is -0.137. The van der Waals surface area contributed by atoms with Crippen LogP contribution in [0.4, 0.5) is 18.9 Å². The summed E-state index contributed by atoms with van der Waals surface area (Å²) in [6.07, 6.45) is -2.22. The number of nitrogens with one attached hydrogen (secondary N) is 2. The van der Waals surface area contributed by atoms with E-state index in [4.69, 9.17) is 5.11 Å². The van der Waals surface area contributed by atoms with E-state index in [-0.39, 0.29) is 24.3 Å². The first-order valence-corrected chi connectivity index (χ1v) is 7.21. The molecule has 1 atom stereocenters. The van der Waals surface area contributed by atoms with Gasteiger partial charge < -0.3 is 15.7 Å². The number of alkyl halides is 3. The molecule has 1 saturated carbocycles. The van der Waals surface area contributed by atoms with Crippen molar-refractivity contribution in [2.75, 3.05) is 11.9 Å². The third kappa shape index (κ3) is 4.95. The average molecular weight is 330 g/mol. The Bertz CT molecular complexity index is 568. The minimum Gasteiger partial charge on any atom is -0.396 e. The van der Waals surface area contributed by atoms with E-state index in [0.717, 1.165) is 37.1 Å². The summed E-state index contributed by atoms with van der Waals surface area (Å²) in [5.41, 5.74) is -0.736.